The zero-order valence-corrected chi connectivity index (χ0v) is 26.5. The van der Waals surface area contributed by atoms with Crippen molar-refractivity contribution >= 4 is 44.6 Å². The van der Waals surface area contributed by atoms with Gasteiger partial charge in [-0.25, -0.2) is 9.55 Å². The molecule has 0 aliphatic carbocycles. The fraction of sp³-hybridized carbons (Fsp3) is 0.211. The monoisotopic (exact) mass is 581 g/mol. The van der Waals surface area contributed by atoms with E-state index in [2.05, 4.69) is 165 Å². The summed E-state index contributed by atoms with van der Waals surface area (Å²) in [5, 5.41) is 2.48. The van der Waals surface area contributed by atoms with Crippen LogP contribution >= 0.6 is 11.8 Å². The Bertz CT molecular complexity index is 2140. The Balaban J connectivity index is 1.32. The van der Waals surface area contributed by atoms with Crippen molar-refractivity contribution in [3.8, 4) is 11.5 Å². The number of hydrogen-bond donors (Lipinski definition) is 0. The average molecular weight is 582 g/mol. The lowest BCUT2D eigenvalue weighted by atomic mass is 9.88. The quantitative estimate of drug-likeness (QED) is 0.194. The molecule has 0 aliphatic rings. The van der Waals surface area contributed by atoms with Gasteiger partial charge in [0.05, 0.1) is 11.0 Å². The van der Waals surface area contributed by atoms with E-state index in [1.165, 1.54) is 48.2 Å². The van der Waals surface area contributed by atoms with Gasteiger partial charge in [-0.1, -0.05) is 75.0 Å². The minimum atomic E-state index is -0.0215. The highest BCUT2D eigenvalue weighted by Gasteiger charge is 2.26. The van der Waals surface area contributed by atoms with Gasteiger partial charge < -0.3 is 0 Å². The molecule has 0 saturated carbocycles. The Morgan fingerprint density at radius 2 is 1.37 bits per heavy atom. The lowest BCUT2D eigenvalue weighted by Gasteiger charge is -2.20. The van der Waals surface area contributed by atoms with E-state index >= 15 is 0 Å². The summed E-state index contributed by atoms with van der Waals surface area (Å²) in [6.45, 7) is 13.5. The first kappa shape index (κ1) is 27.5. The summed E-state index contributed by atoms with van der Waals surface area (Å²) in [5.74, 6) is 0.953. The molecule has 3 aromatic heterocycles. The fourth-order valence-electron chi connectivity index (χ4n) is 5.95. The lowest BCUT2D eigenvalue weighted by molar-refractivity contribution is -0.731. The lowest BCUT2D eigenvalue weighted by Crippen LogP contribution is -2.49. The second kappa shape index (κ2) is 10.1. The number of hydrogen-bond acceptors (Lipinski definition) is 2. The van der Waals surface area contributed by atoms with Gasteiger partial charge in [0.2, 0.25) is 6.33 Å². The molecule has 4 nitrogen and oxygen atoms in total. The van der Waals surface area contributed by atoms with Gasteiger partial charge in [-0.15, -0.1) is 0 Å². The van der Waals surface area contributed by atoms with Crippen molar-refractivity contribution in [3.63, 3.8) is 0 Å². The molecule has 0 radical (unpaired) electrons. The van der Waals surface area contributed by atoms with Gasteiger partial charge in [0.1, 0.15) is 17.0 Å². The molecular formula is C38H37N4S+. The Hall–Kier alpha value is -4.35. The Morgan fingerprint density at radius 3 is 2.16 bits per heavy atom. The zero-order valence-electron chi connectivity index (χ0n) is 25.7. The van der Waals surface area contributed by atoms with Crippen molar-refractivity contribution in [3.05, 3.63) is 121 Å². The summed E-state index contributed by atoms with van der Waals surface area (Å²) in [4.78, 5) is 7.25. The standard InChI is InChI=1S/C38H37N4S/c1-37(2,3)26-20-21-39-36(22-26)42-32-15-8-7-14-30(32)31-19-18-29(24-35(31)42)43-28-13-11-12-27(23-28)40-25-41(38(4,5)6)34-17-10-9-16-33(34)40/h7-25H,1-6H3/q+1. The van der Waals surface area contributed by atoms with Crippen LogP contribution in [0.5, 0.6) is 0 Å². The number of para-hydroxylation sites is 3. The first-order valence-electron chi connectivity index (χ1n) is 14.9. The molecule has 4 aromatic carbocycles. The Kier molecular flexibility index (Phi) is 6.48. The van der Waals surface area contributed by atoms with E-state index in [1.54, 1.807) is 11.8 Å². The maximum Gasteiger partial charge on any atom is 0.250 e. The van der Waals surface area contributed by atoms with Crippen LogP contribution in [0.2, 0.25) is 0 Å². The zero-order chi connectivity index (χ0) is 29.9. The van der Waals surface area contributed by atoms with E-state index in [1.807, 2.05) is 6.20 Å². The van der Waals surface area contributed by atoms with E-state index in [0.29, 0.717) is 0 Å². The third-order valence-electron chi connectivity index (χ3n) is 8.17. The first-order valence-corrected chi connectivity index (χ1v) is 15.7. The van der Waals surface area contributed by atoms with Crippen molar-refractivity contribution in [1.82, 2.24) is 14.1 Å². The number of benzene rings is 4. The van der Waals surface area contributed by atoms with Gasteiger partial charge >= 0.3 is 0 Å². The summed E-state index contributed by atoms with van der Waals surface area (Å²) in [5.41, 5.74) is 7.23. The minimum Gasteiger partial charge on any atom is -0.294 e. The molecule has 7 aromatic rings. The van der Waals surface area contributed by atoms with Gasteiger partial charge in [-0.3, -0.25) is 4.57 Å². The van der Waals surface area contributed by atoms with Crippen LogP contribution in [0, 0.1) is 0 Å². The third-order valence-corrected chi connectivity index (χ3v) is 9.15. The van der Waals surface area contributed by atoms with Crippen LogP contribution in [-0.2, 0) is 11.0 Å². The van der Waals surface area contributed by atoms with Crippen molar-refractivity contribution in [2.75, 3.05) is 0 Å². The molecule has 0 N–H and O–H groups in total. The largest absolute Gasteiger partial charge is 0.294 e. The summed E-state index contributed by atoms with van der Waals surface area (Å²) >= 11 is 1.80. The number of imidazole rings is 1. The van der Waals surface area contributed by atoms with Crippen LogP contribution in [0.25, 0.3) is 44.3 Å². The predicted octanol–water partition coefficient (Wildman–Crippen LogP) is 9.61. The van der Waals surface area contributed by atoms with Gasteiger partial charge in [-0.05, 0) is 92.4 Å². The molecule has 0 spiro atoms. The Morgan fingerprint density at radius 1 is 0.651 bits per heavy atom. The normalized spacial score (nSPS) is 12.5. The van der Waals surface area contributed by atoms with Crippen LogP contribution < -0.4 is 4.57 Å². The molecule has 0 unspecified atom stereocenters. The summed E-state index contributed by atoms with van der Waals surface area (Å²) in [6.07, 6.45) is 4.17. The SMILES string of the molecule is CC(C)(C)c1ccnc(-n2c3ccccc3c3ccc(Sc4cccc(-n5c[n+](C(C)(C)C)c6ccccc65)c4)cc32)c1. The molecule has 3 heterocycles. The van der Waals surface area contributed by atoms with Gasteiger partial charge in [0.15, 0.2) is 11.0 Å². The van der Waals surface area contributed by atoms with E-state index in [9.17, 15) is 0 Å². The van der Waals surface area contributed by atoms with Crippen molar-refractivity contribution in [1.29, 1.82) is 0 Å². The van der Waals surface area contributed by atoms with Crippen LogP contribution in [-0.4, -0.2) is 14.1 Å². The molecule has 0 fully saturated rings. The number of rotatable bonds is 4. The minimum absolute atomic E-state index is 0.0215. The van der Waals surface area contributed by atoms with Gasteiger partial charge in [0, 0.05) is 26.8 Å². The van der Waals surface area contributed by atoms with Crippen LogP contribution in [0.1, 0.15) is 47.1 Å². The Labute approximate surface area is 257 Å². The fourth-order valence-corrected chi connectivity index (χ4v) is 6.86. The van der Waals surface area contributed by atoms with Crippen molar-refractivity contribution in [2.24, 2.45) is 0 Å². The van der Waals surface area contributed by atoms with Crippen LogP contribution in [0.15, 0.2) is 125 Å². The van der Waals surface area contributed by atoms with Crippen molar-refractivity contribution < 1.29 is 4.57 Å². The molecule has 0 bridgehead atoms. The summed E-state index contributed by atoms with van der Waals surface area (Å²) in [6, 6.07) is 37.3. The molecule has 43 heavy (non-hydrogen) atoms. The average Bonchev–Trinajstić information content (AvgIpc) is 3.53. The van der Waals surface area contributed by atoms with E-state index < -0.39 is 0 Å². The van der Waals surface area contributed by atoms with Gasteiger partial charge in [0.25, 0.3) is 0 Å². The van der Waals surface area contributed by atoms with Crippen molar-refractivity contribution in [2.45, 2.75) is 62.3 Å². The molecule has 0 atom stereocenters. The van der Waals surface area contributed by atoms with E-state index in [-0.39, 0.29) is 11.0 Å². The third kappa shape index (κ3) is 4.92. The number of pyridine rings is 1. The second-order valence-electron chi connectivity index (χ2n) is 13.3. The molecule has 0 saturated heterocycles. The van der Waals surface area contributed by atoms with E-state index in [4.69, 9.17) is 4.98 Å². The highest BCUT2D eigenvalue weighted by atomic mass is 32.2. The maximum atomic E-state index is 4.85. The predicted molar refractivity (Wildman–Crippen MR) is 180 cm³/mol. The summed E-state index contributed by atoms with van der Waals surface area (Å²) < 4.78 is 6.98. The number of aromatic nitrogens is 4. The van der Waals surface area contributed by atoms with E-state index in [0.717, 1.165) is 11.5 Å². The number of fused-ring (bicyclic) bond motifs is 4. The second-order valence-corrected chi connectivity index (χ2v) is 14.4. The molecule has 5 heteroatoms. The first-order chi connectivity index (χ1) is 20.6. The van der Waals surface area contributed by atoms with Crippen LogP contribution in [0.3, 0.4) is 0 Å². The molecule has 0 aliphatic heterocycles. The molecule has 0 amide bonds. The maximum absolute atomic E-state index is 4.85. The molecule has 214 valence electrons. The topological polar surface area (TPSA) is 26.6 Å². The summed E-state index contributed by atoms with van der Waals surface area (Å²) in [7, 11) is 0. The molecule has 7 rings (SSSR count). The highest BCUT2D eigenvalue weighted by Crippen LogP contribution is 2.37. The molecular weight excluding hydrogens is 545 g/mol. The number of nitrogens with zero attached hydrogens (tertiary/aromatic N) is 4. The van der Waals surface area contributed by atoms with Crippen LogP contribution in [0.4, 0.5) is 0 Å². The highest BCUT2D eigenvalue weighted by molar-refractivity contribution is 7.99. The van der Waals surface area contributed by atoms with Gasteiger partial charge in [-0.2, -0.15) is 4.57 Å². The smallest absolute Gasteiger partial charge is 0.250 e.